The minimum Gasteiger partial charge on any atom is -0.468 e. The minimum absolute atomic E-state index is 0.458. The van der Waals surface area contributed by atoms with Crippen molar-refractivity contribution in [1.29, 1.82) is 0 Å². The largest absolute Gasteiger partial charge is 0.468 e. The third-order valence-corrected chi connectivity index (χ3v) is 1.43. The summed E-state index contributed by atoms with van der Waals surface area (Å²) in [5.41, 5.74) is -1.10. The summed E-state index contributed by atoms with van der Waals surface area (Å²) >= 11 is 0. The first-order chi connectivity index (χ1) is 4.93. The van der Waals surface area contributed by atoms with Gasteiger partial charge in [-0.1, -0.05) is 0 Å². The number of likely N-dealkylation sites (N-methyl/N-ethyl adjacent to an activating group) is 1. The van der Waals surface area contributed by atoms with Crippen molar-refractivity contribution in [2.45, 2.75) is 25.5 Å². The number of hydrogen-bond acceptors (Lipinski definition) is 4. The Kier molecular flexibility index (Phi) is 3.48. The first kappa shape index (κ1) is 10.4. The average Bonchev–Trinajstić information content (AvgIpc) is 1.86. The van der Waals surface area contributed by atoms with E-state index in [1.807, 2.05) is 0 Å². The zero-order valence-electron chi connectivity index (χ0n) is 7.34. The molecule has 0 heterocycles. The van der Waals surface area contributed by atoms with Crippen molar-refractivity contribution in [2.24, 2.45) is 0 Å². The van der Waals surface area contributed by atoms with Crippen LogP contribution in [-0.4, -0.2) is 36.9 Å². The zero-order valence-corrected chi connectivity index (χ0v) is 7.34. The van der Waals surface area contributed by atoms with E-state index in [4.69, 9.17) is 0 Å². The van der Waals surface area contributed by atoms with Crippen LogP contribution in [0.15, 0.2) is 0 Å². The van der Waals surface area contributed by atoms with Gasteiger partial charge in [-0.2, -0.15) is 0 Å². The van der Waals surface area contributed by atoms with Gasteiger partial charge in [-0.15, -0.1) is 0 Å². The Morgan fingerprint density at radius 2 is 2.09 bits per heavy atom. The van der Waals surface area contributed by atoms with Crippen LogP contribution in [0.4, 0.5) is 0 Å². The highest BCUT2D eigenvalue weighted by Crippen LogP contribution is 2.08. The van der Waals surface area contributed by atoms with Crippen LogP contribution in [0.1, 0.15) is 13.8 Å². The van der Waals surface area contributed by atoms with Crippen molar-refractivity contribution in [2.75, 3.05) is 14.2 Å². The van der Waals surface area contributed by atoms with E-state index in [-0.39, 0.29) is 0 Å². The molecule has 0 aliphatic rings. The fourth-order valence-electron chi connectivity index (χ4n) is 0.877. The molecular formula is C7H15NO3. The normalized spacial score (nSPS) is 14.3. The molecular weight excluding hydrogens is 146 g/mol. The molecule has 0 spiro atoms. The molecule has 0 fully saturated rings. The summed E-state index contributed by atoms with van der Waals surface area (Å²) in [5, 5.41) is 12.1. The van der Waals surface area contributed by atoms with Gasteiger partial charge < -0.3 is 15.2 Å². The maximum absolute atomic E-state index is 10.9. The van der Waals surface area contributed by atoms with Crippen LogP contribution in [-0.2, 0) is 9.53 Å². The van der Waals surface area contributed by atoms with Gasteiger partial charge in [0.25, 0.3) is 0 Å². The molecule has 11 heavy (non-hydrogen) atoms. The molecule has 0 unspecified atom stereocenters. The van der Waals surface area contributed by atoms with Crippen LogP contribution in [0, 0.1) is 0 Å². The van der Waals surface area contributed by atoms with E-state index in [9.17, 15) is 9.90 Å². The van der Waals surface area contributed by atoms with Gasteiger partial charge in [0.2, 0.25) is 0 Å². The summed E-state index contributed by atoms with van der Waals surface area (Å²) < 4.78 is 4.47. The highest BCUT2D eigenvalue weighted by Gasteiger charge is 2.32. The van der Waals surface area contributed by atoms with E-state index < -0.39 is 17.6 Å². The Balaban J connectivity index is 4.29. The standard InChI is InChI=1S/C7H15NO3/c1-7(2,10)5(8-3)6(9)11-4/h5,8,10H,1-4H3/t5-/m1/s1. The zero-order chi connectivity index (χ0) is 9.07. The number of carbonyl (C=O) groups excluding carboxylic acids is 1. The minimum atomic E-state index is -1.10. The predicted molar refractivity (Wildman–Crippen MR) is 41.2 cm³/mol. The second-order valence-electron chi connectivity index (χ2n) is 2.90. The second-order valence-corrected chi connectivity index (χ2v) is 2.90. The Morgan fingerprint density at radius 3 is 2.18 bits per heavy atom. The van der Waals surface area contributed by atoms with Crippen molar-refractivity contribution < 1.29 is 14.6 Å². The number of hydrogen-bond donors (Lipinski definition) is 2. The van der Waals surface area contributed by atoms with Crippen molar-refractivity contribution in [3.63, 3.8) is 0 Å². The lowest BCUT2D eigenvalue weighted by molar-refractivity contribution is -0.149. The number of aliphatic hydroxyl groups is 1. The molecule has 1 atom stereocenters. The summed E-state index contributed by atoms with van der Waals surface area (Å²) in [7, 11) is 2.89. The lowest BCUT2D eigenvalue weighted by atomic mass is 9.99. The smallest absolute Gasteiger partial charge is 0.325 e. The van der Waals surface area contributed by atoms with Gasteiger partial charge >= 0.3 is 5.97 Å². The molecule has 66 valence electrons. The van der Waals surface area contributed by atoms with Gasteiger partial charge in [0.15, 0.2) is 0 Å². The van der Waals surface area contributed by atoms with Gasteiger partial charge in [-0.3, -0.25) is 4.79 Å². The maximum Gasteiger partial charge on any atom is 0.325 e. The molecule has 0 aromatic heterocycles. The lowest BCUT2D eigenvalue weighted by Crippen LogP contribution is -2.51. The van der Waals surface area contributed by atoms with Gasteiger partial charge in [0, 0.05) is 0 Å². The van der Waals surface area contributed by atoms with E-state index in [0.29, 0.717) is 0 Å². The first-order valence-corrected chi connectivity index (χ1v) is 3.41. The fraction of sp³-hybridized carbons (Fsp3) is 0.857. The van der Waals surface area contributed by atoms with Crippen LogP contribution in [0.25, 0.3) is 0 Å². The van der Waals surface area contributed by atoms with E-state index in [2.05, 4.69) is 10.1 Å². The third kappa shape index (κ3) is 2.86. The Hall–Kier alpha value is -0.610. The number of rotatable bonds is 3. The Bertz CT molecular complexity index is 139. The van der Waals surface area contributed by atoms with Crippen molar-refractivity contribution in [1.82, 2.24) is 5.32 Å². The summed E-state index contributed by atoms with van der Waals surface area (Å²) in [6, 6.07) is -0.674. The number of ether oxygens (including phenoxy) is 1. The molecule has 0 aromatic rings. The van der Waals surface area contributed by atoms with E-state index >= 15 is 0 Å². The van der Waals surface area contributed by atoms with Crippen LogP contribution < -0.4 is 5.32 Å². The molecule has 0 saturated heterocycles. The summed E-state index contributed by atoms with van der Waals surface area (Å²) in [5.74, 6) is -0.458. The van der Waals surface area contributed by atoms with E-state index in [1.54, 1.807) is 20.9 Å². The molecule has 0 amide bonds. The van der Waals surface area contributed by atoms with Gasteiger partial charge in [0.05, 0.1) is 12.7 Å². The topological polar surface area (TPSA) is 58.6 Å². The molecule has 0 aliphatic carbocycles. The van der Waals surface area contributed by atoms with Crippen molar-refractivity contribution >= 4 is 5.97 Å². The summed E-state index contributed by atoms with van der Waals surface area (Å²) in [4.78, 5) is 10.9. The van der Waals surface area contributed by atoms with E-state index in [0.717, 1.165) is 0 Å². The molecule has 4 heteroatoms. The lowest BCUT2D eigenvalue weighted by Gasteiger charge is -2.26. The average molecular weight is 161 g/mol. The molecule has 0 radical (unpaired) electrons. The Morgan fingerprint density at radius 1 is 1.64 bits per heavy atom. The van der Waals surface area contributed by atoms with Crippen molar-refractivity contribution in [3.05, 3.63) is 0 Å². The van der Waals surface area contributed by atoms with Gasteiger partial charge in [-0.05, 0) is 20.9 Å². The maximum atomic E-state index is 10.9. The Labute approximate surface area is 66.5 Å². The SMILES string of the molecule is CN[C@H](C(=O)OC)C(C)(C)O. The number of carbonyl (C=O) groups is 1. The van der Waals surface area contributed by atoms with Crippen LogP contribution in [0.5, 0.6) is 0 Å². The summed E-state index contributed by atoms with van der Waals surface area (Å²) in [6.45, 7) is 3.09. The van der Waals surface area contributed by atoms with Crippen LogP contribution in [0.3, 0.4) is 0 Å². The molecule has 0 saturated carbocycles. The summed E-state index contributed by atoms with van der Waals surface area (Å²) in [6.07, 6.45) is 0. The van der Waals surface area contributed by atoms with Gasteiger partial charge in [0.1, 0.15) is 6.04 Å². The van der Waals surface area contributed by atoms with E-state index in [1.165, 1.54) is 7.11 Å². The fourth-order valence-corrected chi connectivity index (χ4v) is 0.877. The number of methoxy groups -OCH3 is 1. The third-order valence-electron chi connectivity index (χ3n) is 1.43. The molecule has 0 bridgehead atoms. The number of nitrogens with one attached hydrogen (secondary N) is 1. The quantitative estimate of drug-likeness (QED) is 0.549. The van der Waals surface area contributed by atoms with Crippen molar-refractivity contribution in [3.8, 4) is 0 Å². The predicted octanol–water partition coefficient (Wildman–Crippen LogP) is -0.482. The molecule has 2 N–H and O–H groups in total. The first-order valence-electron chi connectivity index (χ1n) is 3.41. The van der Waals surface area contributed by atoms with Crippen LogP contribution in [0.2, 0.25) is 0 Å². The number of esters is 1. The molecule has 0 rings (SSSR count). The molecule has 0 aliphatic heterocycles. The molecule has 4 nitrogen and oxygen atoms in total. The van der Waals surface area contributed by atoms with Crippen LogP contribution >= 0.6 is 0 Å². The molecule has 0 aromatic carbocycles. The van der Waals surface area contributed by atoms with Gasteiger partial charge in [-0.25, -0.2) is 0 Å². The highest BCUT2D eigenvalue weighted by molar-refractivity contribution is 5.77. The monoisotopic (exact) mass is 161 g/mol. The highest BCUT2D eigenvalue weighted by atomic mass is 16.5. The second kappa shape index (κ2) is 3.69.